The Hall–Kier alpha value is -1.98. The summed E-state index contributed by atoms with van der Waals surface area (Å²) in [6, 6.07) is 12.1. The predicted molar refractivity (Wildman–Crippen MR) is 128 cm³/mol. The summed E-state index contributed by atoms with van der Waals surface area (Å²) in [5.41, 5.74) is 2.80. The van der Waals surface area contributed by atoms with E-state index in [1.807, 2.05) is 38.1 Å². The molecular formula is C23H32N2O6S2. The van der Waals surface area contributed by atoms with Gasteiger partial charge in [-0.25, -0.2) is 21.1 Å². The number of aliphatic hydroxyl groups is 1. The van der Waals surface area contributed by atoms with Crippen molar-refractivity contribution in [3.63, 3.8) is 0 Å². The van der Waals surface area contributed by atoms with Crippen molar-refractivity contribution in [1.82, 2.24) is 8.61 Å². The first-order chi connectivity index (χ1) is 15.3. The fourth-order valence-corrected chi connectivity index (χ4v) is 6.00. The summed E-state index contributed by atoms with van der Waals surface area (Å²) in [4.78, 5) is -0.00225. The number of benzene rings is 2. The van der Waals surface area contributed by atoms with Crippen molar-refractivity contribution in [3.8, 4) is 16.9 Å². The third kappa shape index (κ3) is 5.58. The first-order valence-corrected chi connectivity index (χ1v) is 14.0. The van der Waals surface area contributed by atoms with Gasteiger partial charge < -0.3 is 9.84 Å². The lowest BCUT2D eigenvalue weighted by atomic mass is 10.0. The number of hydrogen-bond acceptors (Lipinski definition) is 6. The molecule has 8 nitrogen and oxygen atoms in total. The number of rotatable bonds is 6. The van der Waals surface area contributed by atoms with Crippen LogP contribution in [0.4, 0.5) is 0 Å². The van der Waals surface area contributed by atoms with E-state index in [2.05, 4.69) is 0 Å². The number of hydrogen-bond donors (Lipinski definition) is 1. The third-order valence-electron chi connectivity index (χ3n) is 6.06. The number of ether oxygens (including phenoxy) is 1. The zero-order valence-electron chi connectivity index (χ0n) is 19.6. The topological polar surface area (TPSA) is 104 Å². The molecule has 10 heteroatoms. The van der Waals surface area contributed by atoms with E-state index in [1.54, 1.807) is 19.1 Å². The van der Waals surface area contributed by atoms with Gasteiger partial charge in [0.1, 0.15) is 16.7 Å². The second-order valence-corrected chi connectivity index (χ2v) is 12.8. The van der Waals surface area contributed by atoms with Crippen LogP contribution in [-0.2, 0) is 20.0 Å². The van der Waals surface area contributed by atoms with Gasteiger partial charge in [-0.1, -0.05) is 42.8 Å². The van der Waals surface area contributed by atoms with E-state index in [4.69, 9.17) is 4.74 Å². The summed E-state index contributed by atoms with van der Waals surface area (Å²) in [5.74, 6) is -0.171. The molecule has 0 saturated carbocycles. The van der Waals surface area contributed by atoms with E-state index < -0.39 is 32.2 Å². The zero-order chi connectivity index (χ0) is 24.6. The molecule has 3 atom stereocenters. The van der Waals surface area contributed by atoms with Gasteiger partial charge in [-0.3, -0.25) is 0 Å². The Balaban J connectivity index is 2.14. The predicted octanol–water partition coefficient (Wildman–Crippen LogP) is 2.32. The number of aliphatic hydroxyl groups excluding tert-OH is 1. The van der Waals surface area contributed by atoms with Crippen LogP contribution >= 0.6 is 0 Å². The van der Waals surface area contributed by atoms with Gasteiger partial charge in [0.15, 0.2) is 0 Å². The van der Waals surface area contributed by atoms with Crippen LogP contribution in [0.15, 0.2) is 47.4 Å². The lowest BCUT2D eigenvalue weighted by Crippen LogP contribution is -2.50. The molecule has 0 radical (unpaired) electrons. The van der Waals surface area contributed by atoms with Gasteiger partial charge in [-0.05, 0) is 37.1 Å². The first kappa shape index (κ1) is 25.6. The van der Waals surface area contributed by atoms with E-state index in [-0.39, 0.29) is 36.3 Å². The fourth-order valence-electron chi connectivity index (χ4n) is 3.76. The summed E-state index contributed by atoms with van der Waals surface area (Å²) in [7, 11) is -5.94. The van der Waals surface area contributed by atoms with Crippen LogP contribution < -0.4 is 4.74 Å². The van der Waals surface area contributed by atoms with Crippen LogP contribution in [0.25, 0.3) is 11.1 Å². The van der Waals surface area contributed by atoms with Crippen molar-refractivity contribution in [2.24, 2.45) is 5.92 Å². The minimum atomic E-state index is -3.96. The molecule has 2 aromatic rings. The highest BCUT2D eigenvalue weighted by Crippen LogP contribution is 2.36. The molecule has 0 amide bonds. The van der Waals surface area contributed by atoms with Crippen LogP contribution in [-0.4, -0.2) is 75.7 Å². The van der Waals surface area contributed by atoms with Crippen molar-refractivity contribution >= 4 is 20.0 Å². The van der Waals surface area contributed by atoms with Crippen molar-refractivity contribution in [2.45, 2.75) is 37.8 Å². The Morgan fingerprint density at radius 3 is 2.36 bits per heavy atom. The Bertz CT molecular complexity index is 1200. The van der Waals surface area contributed by atoms with Crippen molar-refractivity contribution in [3.05, 3.63) is 48.0 Å². The zero-order valence-corrected chi connectivity index (χ0v) is 21.2. The van der Waals surface area contributed by atoms with E-state index in [9.17, 15) is 21.9 Å². The second kappa shape index (κ2) is 9.71. The van der Waals surface area contributed by atoms with Gasteiger partial charge in [0.2, 0.25) is 20.0 Å². The molecule has 0 unspecified atom stereocenters. The van der Waals surface area contributed by atoms with Crippen LogP contribution in [0.5, 0.6) is 5.75 Å². The summed E-state index contributed by atoms with van der Waals surface area (Å²) in [6.45, 7) is 5.27. The molecule has 0 fully saturated rings. The molecule has 182 valence electrons. The fraction of sp³-hybridized carbons (Fsp3) is 0.478. The maximum Gasteiger partial charge on any atom is 0.247 e. The van der Waals surface area contributed by atoms with Crippen LogP contribution in [0.1, 0.15) is 19.4 Å². The molecule has 2 aromatic carbocycles. The summed E-state index contributed by atoms with van der Waals surface area (Å²) >= 11 is 0. The van der Waals surface area contributed by atoms with Gasteiger partial charge in [-0.15, -0.1) is 0 Å². The van der Waals surface area contributed by atoms with Crippen LogP contribution in [0.2, 0.25) is 0 Å². The normalized spacial score (nSPS) is 22.2. The quantitative estimate of drug-likeness (QED) is 0.658. The second-order valence-electron chi connectivity index (χ2n) is 8.81. The molecule has 0 aliphatic carbocycles. The van der Waals surface area contributed by atoms with Gasteiger partial charge >= 0.3 is 0 Å². The number of likely N-dealkylation sites (N-methyl/N-ethyl adjacent to an activating group) is 1. The molecule has 33 heavy (non-hydrogen) atoms. The first-order valence-electron chi connectivity index (χ1n) is 10.8. The van der Waals surface area contributed by atoms with Crippen LogP contribution in [0.3, 0.4) is 0 Å². The third-order valence-corrected chi connectivity index (χ3v) is 9.36. The minimum absolute atomic E-state index is 0.00225. The Morgan fingerprint density at radius 2 is 1.79 bits per heavy atom. The largest absolute Gasteiger partial charge is 0.487 e. The average Bonchev–Trinajstić information content (AvgIpc) is 2.75. The van der Waals surface area contributed by atoms with E-state index >= 15 is 0 Å². The lowest BCUT2D eigenvalue weighted by molar-refractivity contribution is 0.0906. The van der Waals surface area contributed by atoms with Gasteiger partial charge in [-0.2, -0.15) is 4.31 Å². The number of nitrogens with zero attached hydrogens (tertiary/aromatic N) is 2. The standard InChI is InChI=1S/C23H32N2O6S2/c1-16-6-8-19(9-7-16)20-10-11-23-21(12-20)31-22(14-24(4)32(5,27)28)17(2)13-25(18(3)15-26)33(23,29)30/h6-12,17-18,22,26H,13-15H2,1-5H3/t17-,18+,22+/m0/s1. The average molecular weight is 497 g/mol. The van der Waals surface area contributed by atoms with E-state index in [1.165, 1.54) is 21.7 Å². The number of fused-ring (bicyclic) bond motifs is 1. The molecule has 1 N–H and O–H groups in total. The molecule has 3 rings (SSSR count). The SMILES string of the molecule is Cc1ccc(-c2ccc3c(c2)O[C@H](CN(C)S(C)(=O)=O)[C@@H](C)CN([C@H](C)CO)S3(=O)=O)cc1. The lowest BCUT2D eigenvalue weighted by Gasteiger charge is -2.37. The van der Waals surface area contributed by atoms with Gasteiger partial charge in [0.25, 0.3) is 0 Å². The Morgan fingerprint density at radius 1 is 1.18 bits per heavy atom. The van der Waals surface area contributed by atoms with Gasteiger partial charge in [0.05, 0.1) is 19.4 Å². The summed E-state index contributed by atoms with van der Waals surface area (Å²) < 4.78 is 59.8. The monoisotopic (exact) mass is 496 g/mol. The van der Waals surface area contributed by atoms with Crippen molar-refractivity contribution < 1.29 is 26.7 Å². The highest BCUT2D eigenvalue weighted by Gasteiger charge is 2.38. The summed E-state index contributed by atoms with van der Waals surface area (Å²) in [6.07, 6.45) is 0.523. The maximum atomic E-state index is 13.5. The van der Waals surface area contributed by atoms with Crippen LogP contribution in [0, 0.1) is 12.8 Å². The van der Waals surface area contributed by atoms with Gasteiger partial charge in [0, 0.05) is 25.6 Å². The Kier molecular flexibility index (Phi) is 7.55. The van der Waals surface area contributed by atoms with Crippen molar-refractivity contribution in [2.75, 3.05) is 33.0 Å². The molecular weight excluding hydrogens is 464 g/mol. The molecule has 0 bridgehead atoms. The highest BCUT2D eigenvalue weighted by molar-refractivity contribution is 7.89. The van der Waals surface area contributed by atoms with Crippen molar-refractivity contribution in [1.29, 1.82) is 0 Å². The number of sulfonamides is 2. The molecule has 0 saturated heterocycles. The minimum Gasteiger partial charge on any atom is -0.487 e. The molecule has 1 aliphatic heterocycles. The van der Waals surface area contributed by atoms with E-state index in [0.29, 0.717) is 0 Å². The smallest absolute Gasteiger partial charge is 0.247 e. The maximum absolute atomic E-state index is 13.5. The highest BCUT2D eigenvalue weighted by atomic mass is 32.2. The molecule has 1 aliphatic rings. The molecule has 0 spiro atoms. The number of aryl methyl sites for hydroxylation is 1. The molecule has 0 aromatic heterocycles. The summed E-state index contributed by atoms with van der Waals surface area (Å²) in [5, 5.41) is 9.72. The Labute approximate surface area is 196 Å². The molecule has 1 heterocycles. The van der Waals surface area contributed by atoms with E-state index in [0.717, 1.165) is 22.9 Å².